The van der Waals surface area contributed by atoms with Gasteiger partial charge in [-0.3, -0.25) is 4.79 Å². The molecule has 2 heterocycles. The standard InChI is InChI=1S/C16H21F3N2O2S/c1-15(2,24-10-12-5-3-4-8-23-12)14(22)21-13-7-6-11(9-20-13)16(17,18)19/h6-7,9,12H,3-5,8,10H2,1-2H3,(H,20,21,22). The lowest BCUT2D eigenvalue weighted by Gasteiger charge is -2.27. The number of pyridine rings is 1. The summed E-state index contributed by atoms with van der Waals surface area (Å²) in [7, 11) is 0. The van der Waals surface area contributed by atoms with Crippen molar-refractivity contribution in [1.29, 1.82) is 0 Å². The summed E-state index contributed by atoms with van der Waals surface area (Å²) >= 11 is 1.48. The number of alkyl halides is 3. The molecule has 1 aliphatic rings. The van der Waals surface area contributed by atoms with Gasteiger partial charge < -0.3 is 10.1 Å². The number of aromatic nitrogens is 1. The van der Waals surface area contributed by atoms with E-state index < -0.39 is 16.5 Å². The number of nitrogens with one attached hydrogen (secondary N) is 1. The number of thioether (sulfide) groups is 1. The molecule has 1 unspecified atom stereocenters. The van der Waals surface area contributed by atoms with Crippen LogP contribution in [0.2, 0.25) is 0 Å². The molecular formula is C16H21F3N2O2S. The number of ether oxygens (including phenoxy) is 1. The molecular weight excluding hydrogens is 341 g/mol. The Balaban J connectivity index is 1.89. The van der Waals surface area contributed by atoms with E-state index in [1.807, 2.05) is 0 Å². The predicted octanol–water partition coefficient (Wildman–Crippen LogP) is 4.12. The summed E-state index contributed by atoms with van der Waals surface area (Å²) in [5.74, 6) is 0.520. The molecule has 1 amide bonds. The van der Waals surface area contributed by atoms with Crippen LogP contribution in [0.5, 0.6) is 0 Å². The molecule has 0 aromatic carbocycles. The van der Waals surface area contributed by atoms with Gasteiger partial charge in [0.15, 0.2) is 0 Å². The number of hydrogen-bond acceptors (Lipinski definition) is 4. The molecule has 1 saturated heterocycles. The first-order valence-electron chi connectivity index (χ1n) is 7.79. The van der Waals surface area contributed by atoms with Crippen LogP contribution in [-0.4, -0.2) is 34.1 Å². The summed E-state index contributed by atoms with van der Waals surface area (Å²) in [5.41, 5.74) is -0.844. The van der Waals surface area contributed by atoms with Gasteiger partial charge in [-0.25, -0.2) is 4.98 Å². The Bertz CT molecular complexity index is 555. The highest BCUT2D eigenvalue weighted by Gasteiger charge is 2.32. The molecule has 134 valence electrons. The zero-order valence-corrected chi connectivity index (χ0v) is 14.5. The maximum atomic E-state index is 12.5. The minimum Gasteiger partial charge on any atom is -0.377 e. The van der Waals surface area contributed by atoms with Crippen molar-refractivity contribution in [2.24, 2.45) is 0 Å². The zero-order valence-electron chi connectivity index (χ0n) is 13.7. The number of carbonyl (C=O) groups excluding carboxylic acids is 1. The first kappa shape index (κ1) is 19.1. The lowest BCUT2D eigenvalue weighted by molar-refractivity contribution is -0.137. The second-order valence-corrected chi connectivity index (χ2v) is 7.84. The van der Waals surface area contributed by atoms with Crippen LogP contribution in [0.4, 0.5) is 19.0 Å². The van der Waals surface area contributed by atoms with Crippen molar-refractivity contribution in [3.05, 3.63) is 23.9 Å². The minimum atomic E-state index is -4.44. The molecule has 0 spiro atoms. The van der Waals surface area contributed by atoms with E-state index in [4.69, 9.17) is 4.74 Å². The number of rotatable bonds is 5. The summed E-state index contributed by atoms with van der Waals surface area (Å²) in [5, 5.41) is 2.57. The lowest BCUT2D eigenvalue weighted by Crippen LogP contribution is -2.36. The third kappa shape index (κ3) is 5.37. The van der Waals surface area contributed by atoms with Crippen molar-refractivity contribution in [2.75, 3.05) is 17.7 Å². The quantitative estimate of drug-likeness (QED) is 0.856. The first-order valence-corrected chi connectivity index (χ1v) is 8.77. The maximum absolute atomic E-state index is 12.5. The van der Waals surface area contributed by atoms with Gasteiger partial charge in [-0.2, -0.15) is 13.2 Å². The number of halogens is 3. The molecule has 0 bridgehead atoms. The van der Waals surface area contributed by atoms with E-state index in [9.17, 15) is 18.0 Å². The van der Waals surface area contributed by atoms with E-state index in [-0.39, 0.29) is 17.8 Å². The van der Waals surface area contributed by atoms with E-state index in [0.717, 1.165) is 38.0 Å². The number of nitrogens with zero attached hydrogens (tertiary/aromatic N) is 1. The van der Waals surface area contributed by atoms with Gasteiger partial charge in [-0.15, -0.1) is 11.8 Å². The van der Waals surface area contributed by atoms with Gasteiger partial charge in [0.1, 0.15) is 5.82 Å². The van der Waals surface area contributed by atoms with Crippen molar-refractivity contribution >= 4 is 23.5 Å². The average Bonchev–Trinajstić information content (AvgIpc) is 2.53. The van der Waals surface area contributed by atoms with Crippen molar-refractivity contribution in [1.82, 2.24) is 4.98 Å². The molecule has 2 rings (SSSR count). The number of amides is 1. The Hall–Kier alpha value is -1.28. The molecule has 1 aliphatic heterocycles. The first-order chi connectivity index (χ1) is 11.2. The molecule has 1 atom stereocenters. The minimum absolute atomic E-state index is 0.107. The van der Waals surface area contributed by atoms with Gasteiger partial charge in [0.05, 0.1) is 16.4 Å². The second kappa shape index (κ2) is 7.74. The van der Waals surface area contributed by atoms with Crippen LogP contribution in [0.25, 0.3) is 0 Å². The Kier molecular flexibility index (Phi) is 6.14. The van der Waals surface area contributed by atoms with Gasteiger partial charge in [0.25, 0.3) is 0 Å². The fourth-order valence-electron chi connectivity index (χ4n) is 2.21. The summed E-state index contributed by atoms with van der Waals surface area (Å²) in [6.45, 7) is 4.31. The predicted molar refractivity (Wildman–Crippen MR) is 88.0 cm³/mol. The molecule has 0 saturated carbocycles. The monoisotopic (exact) mass is 362 g/mol. The average molecular weight is 362 g/mol. The van der Waals surface area contributed by atoms with Crippen LogP contribution in [0, 0.1) is 0 Å². The Morgan fingerprint density at radius 3 is 2.67 bits per heavy atom. The van der Waals surface area contributed by atoms with Crippen LogP contribution < -0.4 is 5.32 Å². The van der Waals surface area contributed by atoms with Gasteiger partial charge in [-0.1, -0.05) is 0 Å². The van der Waals surface area contributed by atoms with Crippen molar-refractivity contribution in [3.8, 4) is 0 Å². The van der Waals surface area contributed by atoms with Crippen LogP contribution in [0.1, 0.15) is 38.7 Å². The number of carbonyl (C=O) groups is 1. The number of hydrogen-bond donors (Lipinski definition) is 1. The van der Waals surface area contributed by atoms with Crippen LogP contribution in [0.15, 0.2) is 18.3 Å². The lowest BCUT2D eigenvalue weighted by atomic mass is 10.1. The highest BCUT2D eigenvalue weighted by atomic mass is 32.2. The van der Waals surface area contributed by atoms with Crippen molar-refractivity contribution < 1.29 is 22.7 Å². The molecule has 4 nitrogen and oxygen atoms in total. The normalized spacial score (nSPS) is 19.1. The highest BCUT2D eigenvalue weighted by molar-refractivity contribution is 8.01. The zero-order chi connectivity index (χ0) is 17.8. The van der Waals surface area contributed by atoms with E-state index in [2.05, 4.69) is 10.3 Å². The van der Waals surface area contributed by atoms with Gasteiger partial charge >= 0.3 is 6.18 Å². The van der Waals surface area contributed by atoms with E-state index in [1.165, 1.54) is 11.8 Å². The fraction of sp³-hybridized carbons (Fsp3) is 0.625. The Labute approximate surface area is 143 Å². The summed E-state index contributed by atoms with van der Waals surface area (Å²) < 4.78 is 42.4. The third-order valence-electron chi connectivity index (χ3n) is 3.78. The van der Waals surface area contributed by atoms with Gasteiger partial charge in [0.2, 0.25) is 5.91 Å². The van der Waals surface area contributed by atoms with E-state index in [0.29, 0.717) is 11.9 Å². The fourth-order valence-corrected chi connectivity index (χ4v) is 3.26. The molecule has 1 aromatic rings. The molecule has 1 fully saturated rings. The van der Waals surface area contributed by atoms with Crippen LogP contribution in [-0.2, 0) is 15.7 Å². The molecule has 0 radical (unpaired) electrons. The van der Waals surface area contributed by atoms with Gasteiger partial charge in [0, 0.05) is 18.6 Å². The SMILES string of the molecule is CC(C)(SCC1CCCCO1)C(=O)Nc1ccc(C(F)(F)F)cn1. The molecule has 1 aromatic heterocycles. The van der Waals surface area contributed by atoms with Crippen molar-refractivity contribution in [3.63, 3.8) is 0 Å². The maximum Gasteiger partial charge on any atom is 0.417 e. The Morgan fingerprint density at radius 2 is 2.12 bits per heavy atom. The molecule has 24 heavy (non-hydrogen) atoms. The van der Waals surface area contributed by atoms with E-state index >= 15 is 0 Å². The molecule has 8 heteroatoms. The summed E-state index contributed by atoms with van der Waals surface area (Å²) in [6.07, 6.45) is -0.376. The molecule has 1 N–H and O–H groups in total. The van der Waals surface area contributed by atoms with E-state index in [1.54, 1.807) is 13.8 Å². The third-order valence-corrected chi connectivity index (χ3v) is 5.23. The second-order valence-electron chi connectivity index (χ2n) is 6.19. The van der Waals surface area contributed by atoms with Crippen molar-refractivity contribution in [2.45, 2.75) is 50.1 Å². The van der Waals surface area contributed by atoms with Crippen LogP contribution in [0.3, 0.4) is 0 Å². The smallest absolute Gasteiger partial charge is 0.377 e. The summed E-state index contributed by atoms with van der Waals surface area (Å²) in [6, 6.07) is 2.06. The highest BCUT2D eigenvalue weighted by Crippen LogP contribution is 2.31. The summed E-state index contributed by atoms with van der Waals surface area (Å²) in [4.78, 5) is 16.0. The topological polar surface area (TPSA) is 51.2 Å². The largest absolute Gasteiger partial charge is 0.417 e. The van der Waals surface area contributed by atoms with Crippen LogP contribution >= 0.6 is 11.8 Å². The number of anilines is 1. The Morgan fingerprint density at radius 1 is 1.38 bits per heavy atom. The molecule has 0 aliphatic carbocycles. The van der Waals surface area contributed by atoms with Gasteiger partial charge in [-0.05, 0) is 45.2 Å².